The van der Waals surface area contributed by atoms with Crippen molar-refractivity contribution >= 4 is 22.3 Å². The van der Waals surface area contributed by atoms with Crippen LogP contribution in [0.3, 0.4) is 0 Å². The van der Waals surface area contributed by atoms with E-state index < -0.39 is 0 Å². The average molecular weight is 256 g/mol. The molecule has 0 aliphatic rings. The Balaban J connectivity index is 2.46. The molecule has 76 valence electrons. The molecular weight excluding hydrogens is 242 g/mol. The third-order valence-electron chi connectivity index (χ3n) is 2.16. The van der Waals surface area contributed by atoms with E-state index in [1.54, 1.807) is 0 Å². The fraction of sp³-hybridized carbons (Fsp3) is 0.364. The second kappa shape index (κ2) is 5.81. The Bertz CT molecular complexity index is 312. The maximum Gasteiger partial charge on any atom is 0.207 e. The van der Waals surface area contributed by atoms with Crippen LogP contribution in [0.5, 0.6) is 0 Å². The highest BCUT2D eigenvalue weighted by molar-refractivity contribution is 9.10. The van der Waals surface area contributed by atoms with Crippen molar-refractivity contribution in [3.05, 3.63) is 33.8 Å². The molecule has 0 bridgehead atoms. The molecule has 0 fully saturated rings. The summed E-state index contributed by atoms with van der Waals surface area (Å²) in [4.78, 5) is 10.0. The lowest BCUT2D eigenvalue weighted by Gasteiger charge is -2.05. The summed E-state index contributed by atoms with van der Waals surface area (Å²) in [5.74, 6) is 0. The van der Waals surface area contributed by atoms with E-state index in [9.17, 15) is 4.79 Å². The summed E-state index contributed by atoms with van der Waals surface area (Å²) in [5.41, 5.74) is 2.64. The molecule has 0 saturated heterocycles. The molecule has 0 atom stereocenters. The fourth-order valence-corrected chi connectivity index (χ4v) is 1.86. The Labute approximate surface area is 92.8 Å². The van der Waals surface area contributed by atoms with Crippen molar-refractivity contribution in [2.75, 3.05) is 6.54 Å². The number of benzene rings is 1. The molecule has 0 aliphatic carbocycles. The normalized spacial score (nSPS) is 9.86. The average Bonchev–Trinajstić information content (AvgIpc) is 2.15. The first-order valence-corrected chi connectivity index (χ1v) is 5.45. The van der Waals surface area contributed by atoms with E-state index in [1.807, 2.05) is 0 Å². The summed E-state index contributed by atoms with van der Waals surface area (Å²) in [6.07, 6.45) is 2.75. The molecule has 0 spiro atoms. The van der Waals surface area contributed by atoms with Crippen molar-refractivity contribution in [2.45, 2.75) is 19.8 Å². The third-order valence-corrected chi connectivity index (χ3v) is 2.65. The lowest BCUT2D eigenvalue weighted by Crippen LogP contribution is -2.12. The molecule has 1 N–H and O–H groups in total. The first-order valence-electron chi connectivity index (χ1n) is 4.66. The lowest BCUT2D eigenvalue weighted by atomic mass is 10.0. The van der Waals surface area contributed by atoms with Gasteiger partial charge in [0.15, 0.2) is 0 Å². The van der Waals surface area contributed by atoms with Crippen LogP contribution in [0.1, 0.15) is 17.5 Å². The first kappa shape index (κ1) is 11.2. The lowest BCUT2D eigenvalue weighted by molar-refractivity contribution is -0.109. The predicted molar refractivity (Wildman–Crippen MR) is 61.3 cm³/mol. The molecule has 2 nitrogen and oxygen atoms in total. The molecule has 1 rings (SSSR count). The molecule has 14 heavy (non-hydrogen) atoms. The van der Waals surface area contributed by atoms with Gasteiger partial charge in [-0.05, 0) is 43.0 Å². The van der Waals surface area contributed by atoms with Crippen molar-refractivity contribution in [1.29, 1.82) is 0 Å². The number of amides is 1. The Hall–Kier alpha value is -0.830. The van der Waals surface area contributed by atoms with Crippen molar-refractivity contribution in [3.63, 3.8) is 0 Å². The standard InChI is InChI=1S/C11H14BrNO/c1-9-7-11(12)5-4-10(9)3-2-6-13-8-14/h4-5,7-8H,2-3,6H2,1H3,(H,13,14). The molecule has 1 aromatic rings. The molecule has 0 saturated carbocycles. The molecule has 0 radical (unpaired) electrons. The van der Waals surface area contributed by atoms with Crippen LogP contribution in [0.4, 0.5) is 0 Å². The Morgan fingerprint density at radius 1 is 1.50 bits per heavy atom. The summed E-state index contributed by atoms with van der Waals surface area (Å²) in [5, 5.41) is 2.66. The zero-order chi connectivity index (χ0) is 10.4. The van der Waals surface area contributed by atoms with Gasteiger partial charge >= 0.3 is 0 Å². The molecule has 0 aliphatic heterocycles. The minimum absolute atomic E-state index is 0.744. The van der Waals surface area contributed by atoms with Gasteiger partial charge in [0.2, 0.25) is 6.41 Å². The van der Waals surface area contributed by atoms with Gasteiger partial charge in [-0.2, -0.15) is 0 Å². The number of rotatable bonds is 5. The third kappa shape index (κ3) is 3.50. The summed E-state index contributed by atoms with van der Waals surface area (Å²) in [7, 11) is 0. The van der Waals surface area contributed by atoms with Crippen molar-refractivity contribution < 1.29 is 4.79 Å². The minimum Gasteiger partial charge on any atom is -0.359 e. The molecule has 0 aromatic heterocycles. The van der Waals surface area contributed by atoms with Gasteiger partial charge in [0.1, 0.15) is 0 Å². The Kier molecular flexibility index (Phi) is 4.66. The summed E-state index contributed by atoms with van der Waals surface area (Å²) in [6.45, 7) is 2.85. The van der Waals surface area contributed by atoms with E-state index >= 15 is 0 Å². The SMILES string of the molecule is Cc1cc(Br)ccc1CCCNC=O. The van der Waals surface area contributed by atoms with Crippen molar-refractivity contribution in [1.82, 2.24) is 5.32 Å². The van der Waals surface area contributed by atoms with Crippen molar-refractivity contribution in [3.8, 4) is 0 Å². The number of halogens is 1. The molecule has 0 unspecified atom stereocenters. The summed E-state index contributed by atoms with van der Waals surface area (Å²) < 4.78 is 1.12. The molecule has 1 amide bonds. The summed E-state index contributed by atoms with van der Waals surface area (Å²) >= 11 is 3.43. The van der Waals surface area contributed by atoms with E-state index in [2.05, 4.69) is 46.4 Å². The number of hydrogen-bond acceptors (Lipinski definition) is 1. The van der Waals surface area contributed by atoms with E-state index in [4.69, 9.17) is 0 Å². The fourth-order valence-electron chi connectivity index (χ4n) is 1.38. The van der Waals surface area contributed by atoms with Gasteiger partial charge in [0.05, 0.1) is 0 Å². The van der Waals surface area contributed by atoms with Gasteiger partial charge < -0.3 is 5.32 Å². The summed E-state index contributed by atoms with van der Waals surface area (Å²) in [6, 6.07) is 6.29. The molecule has 3 heteroatoms. The minimum atomic E-state index is 0.744. The number of hydrogen-bond donors (Lipinski definition) is 1. The second-order valence-electron chi connectivity index (χ2n) is 3.25. The van der Waals surface area contributed by atoms with Crippen LogP contribution >= 0.6 is 15.9 Å². The zero-order valence-corrected chi connectivity index (χ0v) is 9.80. The van der Waals surface area contributed by atoms with Crippen molar-refractivity contribution in [2.24, 2.45) is 0 Å². The molecule has 1 aromatic carbocycles. The maximum absolute atomic E-state index is 10.0. The predicted octanol–water partition coefficient (Wildman–Crippen LogP) is 2.44. The highest BCUT2D eigenvalue weighted by Crippen LogP contribution is 2.16. The topological polar surface area (TPSA) is 29.1 Å². The van der Waals surface area contributed by atoms with Crippen LogP contribution < -0.4 is 5.32 Å². The van der Waals surface area contributed by atoms with Gasteiger partial charge in [0, 0.05) is 11.0 Å². The second-order valence-corrected chi connectivity index (χ2v) is 4.16. The Morgan fingerprint density at radius 2 is 2.29 bits per heavy atom. The van der Waals surface area contributed by atoms with Crippen LogP contribution in [0.25, 0.3) is 0 Å². The van der Waals surface area contributed by atoms with Gasteiger partial charge in [-0.25, -0.2) is 0 Å². The van der Waals surface area contributed by atoms with E-state index in [0.29, 0.717) is 0 Å². The van der Waals surface area contributed by atoms with Crippen LogP contribution in [-0.2, 0) is 11.2 Å². The zero-order valence-electron chi connectivity index (χ0n) is 8.22. The maximum atomic E-state index is 10.0. The number of carbonyl (C=O) groups is 1. The van der Waals surface area contributed by atoms with E-state index in [-0.39, 0.29) is 0 Å². The quantitative estimate of drug-likeness (QED) is 0.636. The Morgan fingerprint density at radius 3 is 2.93 bits per heavy atom. The monoisotopic (exact) mass is 255 g/mol. The number of aryl methyl sites for hydroxylation is 2. The number of nitrogens with one attached hydrogen (secondary N) is 1. The van der Waals surface area contributed by atoms with Crippen LogP contribution in [-0.4, -0.2) is 13.0 Å². The first-order chi connectivity index (χ1) is 6.74. The van der Waals surface area contributed by atoms with Gasteiger partial charge in [-0.3, -0.25) is 4.79 Å². The highest BCUT2D eigenvalue weighted by Gasteiger charge is 1.98. The van der Waals surface area contributed by atoms with Gasteiger partial charge in [-0.15, -0.1) is 0 Å². The van der Waals surface area contributed by atoms with Gasteiger partial charge in [-0.1, -0.05) is 22.0 Å². The van der Waals surface area contributed by atoms with Crippen LogP contribution in [0.2, 0.25) is 0 Å². The van der Waals surface area contributed by atoms with Crippen LogP contribution in [0, 0.1) is 6.92 Å². The van der Waals surface area contributed by atoms with E-state index in [1.165, 1.54) is 11.1 Å². The number of carbonyl (C=O) groups excluding carboxylic acids is 1. The van der Waals surface area contributed by atoms with E-state index in [0.717, 1.165) is 30.3 Å². The smallest absolute Gasteiger partial charge is 0.207 e. The van der Waals surface area contributed by atoms with Crippen LogP contribution in [0.15, 0.2) is 22.7 Å². The van der Waals surface area contributed by atoms with Gasteiger partial charge in [0.25, 0.3) is 0 Å². The molecule has 0 heterocycles. The molecular formula is C11H14BrNO. The highest BCUT2D eigenvalue weighted by atomic mass is 79.9. The largest absolute Gasteiger partial charge is 0.359 e.